The van der Waals surface area contributed by atoms with Crippen LogP contribution in [0.3, 0.4) is 0 Å². The highest BCUT2D eigenvalue weighted by Crippen LogP contribution is 2.21. The first-order valence-corrected chi connectivity index (χ1v) is 7.19. The Morgan fingerprint density at radius 3 is 2.89 bits per heavy atom. The number of aryl methyl sites for hydroxylation is 1. The second-order valence-electron chi connectivity index (χ2n) is 5.20. The van der Waals surface area contributed by atoms with Crippen LogP contribution in [0.4, 0.5) is 0 Å². The molecule has 1 heterocycles. The summed E-state index contributed by atoms with van der Waals surface area (Å²) in [5.74, 6) is 0.240. The second-order valence-corrected chi connectivity index (χ2v) is 5.20. The molecule has 19 heavy (non-hydrogen) atoms. The van der Waals surface area contributed by atoms with Gasteiger partial charge in [0.25, 0.3) is 0 Å². The Morgan fingerprint density at radius 2 is 2.11 bits per heavy atom. The monoisotopic (exact) mass is 262 g/mol. The van der Waals surface area contributed by atoms with Gasteiger partial charge in [-0.2, -0.15) is 0 Å². The van der Waals surface area contributed by atoms with Crippen molar-refractivity contribution < 1.29 is 9.59 Å². The highest BCUT2D eigenvalue weighted by Gasteiger charge is 2.18. The van der Waals surface area contributed by atoms with E-state index in [4.69, 9.17) is 0 Å². The molecule has 1 N–H and O–H groups in total. The Bertz CT molecular complexity index is 463. The Hall–Kier alpha value is -1.58. The van der Waals surface area contributed by atoms with Crippen LogP contribution in [-0.2, 0) is 17.8 Å². The molecule has 0 spiro atoms. The molecule has 4 nitrogen and oxygen atoms in total. The van der Waals surface area contributed by atoms with Gasteiger partial charge in [0, 0.05) is 30.9 Å². The lowest BCUT2D eigenvalue weighted by atomic mass is 10.1. The number of rotatable bonds is 5. The molecule has 0 saturated carbocycles. The van der Waals surface area contributed by atoms with E-state index in [0.29, 0.717) is 13.0 Å². The largest absolute Gasteiger partial charge is 0.355 e. The molecule has 0 atom stereocenters. The van der Waals surface area contributed by atoms with Gasteiger partial charge in [0.15, 0.2) is 5.78 Å². The van der Waals surface area contributed by atoms with Crippen LogP contribution in [0.1, 0.15) is 54.9 Å². The fraction of sp³-hybridized carbons (Fsp3) is 0.600. The van der Waals surface area contributed by atoms with Crippen molar-refractivity contribution in [3.63, 3.8) is 0 Å². The Labute approximate surface area is 114 Å². The van der Waals surface area contributed by atoms with Crippen LogP contribution in [-0.4, -0.2) is 22.8 Å². The summed E-state index contributed by atoms with van der Waals surface area (Å²) in [6.45, 7) is 3.14. The Morgan fingerprint density at radius 1 is 1.32 bits per heavy atom. The molecule has 1 aromatic heterocycles. The number of ketones is 1. The molecule has 0 aliphatic heterocycles. The second kappa shape index (κ2) is 6.55. The third kappa shape index (κ3) is 3.69. The van der Waals surface area contributed by atoms with E-state index in [-0.39, 0.29) is 11.7 Å². The first-order valence-electron chi connectivity index (χ1n) is 7.19. The van der Waals surface area contributed by atoms with Crippen LogP contribution in [0.5, 0.6) is 0 Å². The van der Waals surface area contributed by atoms with Crippen molar-refractivity contribution in [1.29, 1.82) is 0 Å². The smallest absolute Gasteiger partial charge is 0.239 e. The zero-order valence-electron chi connectivity index (χ0n) is 11.6. The van der Waals surface area contributed by atoms with Gasteiger partial charge in [-0.15, -0.1) is 0 Å². The van der Waals surface area contributed by atoms with Crippen molar-refractivity contribution in [2.45, 2.75) is 52.0 Å². The number of unbranched alkanes of at least 4 members (excludes halogenated alkanes) is 1. The third-order valence-electron chi connectivity index (χ3n) is 3.54. The molecule has 104 valence electrons. The van der Waals surface area contributed by atoms with Crippen molar-refractivity contribution in [2.24, 2.45) is 0 Å². The number of nitrogens with zero attached hydrogens (tertiary/aromatic N) is 1. The van der Waals surface area contributed by atoms with Crippen LogP contribution in [0.25, 0.3) is 0 Å². The fourth-order valence-corrected chi connectivity index (χ4v) is 2.46. The summed E-state index contributed by atoms with van der Waals surface area (Å²) in [5.41, 5.74) is 1.92. The number of amides is 1. The van der Waals surface area contributed by atoms with Gasteiger partial charge in [-0.05, 0) is 31.2 Å². The summed E-state index contributed by atoms with van der Waals surface area (Å²) in [5, 5.41) is 2.89. The van der Waals surface area contributed by atoms with Gasteiger partial charge in [-0.3, -0.25) is 9.59 Å². The van der Waals surface area contributed by atoms with E-state index in [1.807, 2.05) is 17.0 Å². The first kappa shape index (κ1) is 13.8. The molecule has 1 aliphatic carbocycles. The summed E-state index contributed by atoms with van der Waals surface area (Å²) < 4.78 is 1.84. The van der Waals surface area contributed by atoms with E-state index < -0.39 is 0 Å². The summed E-state index contributed by atoms with van der Waals surface area (Å²) >= 11 is 0. The number of fused-ring (bicyclic) bond motifs is 1. The average molecular weight is 262 g/mol. The summed E-state index contributed by atoms with van der Waals surface area (Å²) in [7, 11) is 0. The molecule has 0 bridgehead atoms. The normalized spacial score (nSPS) is 14.9. The zero-order chi connectivity index (χ0) is 13.7. The molecule has 1 aliphatic rings. The highest BCUT2D eigenvalue weighted by molar-refractivity contribution is 5.97. The SMILES string of the molecule is CCCCNC(=O)Cn1cc2c(c1)C(=O)CCCC2. The van der Waals surface area contributed by atoms with Gasteiger partial charge >= 0.3 is 0 Å². The summed E-state index contributed by atoms with van der Waals surface area (Å²) in [6, 6.07) is 0. The molecule has 2 rings (SSSR count). The van der Waals surface area contributed by atoms with Crippen molar-refractivity contribution in [3.8, 4) is 0 Å². The number of carbonyl (C=O) groups excluding carboxylic acids is 2. The van der Waals surface area contributed by atoms with Crippen LogP contribution in [0.15, 0.2) is 12.4 Å². The van der Waals surface area contributed by atoms with Crippen LogP contribution in [0, 0.1) is 0 Å². The molecule has 1 amide bonds. The maximum Gasteiger partial charge on any atom is 0.239 e. The van der Waals surface area contributed by atoms with E-state index in [9.17, 15) is 9.59 Å². The molecule has 0 fully saturated rings. The van der Waals surface area contributed by atoms with Crippen LogP contribution >= 0.6 is 0 Å². The third-order valence-corrected chi connectivity index (χ3v) is 3.54. The van der Waals surface area contributed by atoms with E-state index in [2.05, 4.69) is 12.2 Å². The van der Waals surface area contributed by atoms with Gasteiger partial charge in [-0.1, -0.05) is 13.3 Å². The summed E-state index contributed by atoms with van der Waals surface area (Å²) in [4.78, 5) is 23.6. The molecule has 4 heteroatoms. The van der Waals surface area contributed by atoms with Gasteiger partial charge < -0.3 is 9.88 Å². The minimum Gasteiger partial charge on any atom is -0.355 e. The number of Topliss-reactive ketones (excluding diaryl/α,β-unsaturated/α-hetero) is 1. The van der Waals surface area contributed by atoms with Crippen LogP contribution < -0.4 is 5.32 Å². The van der Waals surface area contributed by atoms with Crippen molar-refractivity contribution in [2.75, 3.05) is 6.54 Å². The lowest BCUT2D eigenvalue weighted by Gasteiger charge is -2.05. The van der Waals surface area contributed by atoms with E-state index >= 15 is 0 Å². The number of hydrogen-bond donors (Lipinski definition) is 1. The fourth-order valence-electron chi connectivity index (χ4n) is 2.46. The van der Waals surface area contributed by atoms with Crippen molar-refractivity contribution in [1.82, 2.24) is 9.88 Å². The quantitative estimate of drug-likeness (QED) is 0.654. The molecular weight excluding hydrogens is 240 g/mol. The summed E-state index contributed by atoms with van der Waals surface area (Å²) in [6.07, 6.45) is 9.50. The van der Waals surface area contributed by atoms with Crippen LogP contribution in [0.2, 0.25) is 0 Å². The Balaban J connectivity index is 1.97. The zero-order valence-corrected chi connectivity index (χ0v) is 11.6. The maximum absolute atomic E-state index is 11.9. The van der Waals surface area contributed by atoms with E-state index in [1.165, 1.54) is 0 Å². The number of aromatic nitrogens is 1. The number of carbonyl (C=O) groups is 2. The first-order chi connectivity index (χ1) is 9.20. The Kier molecular flexibility index (Phi) is 4.77. The maximum atomic E-state index is 11.9. The van der Waals surface area contributed by atoms with Gasteiger partial charge in [-0.25, -0.2) is 0 Å². The minimum atomic E-state index is 0.0195. The molecular formula is C15H22N2O2. The van der Waals surface area contributed by atoms with Gasteiger partial charge in [0.2, 0.25) is 5.91 Å². The molecule has 0 aromatic carbocycles. The average Bonchev–Trinajstić information content (AvgIpc) is 2.70. The molecule has 0 radical (unpaired) electrons. The van der Waals surface area contributed by atoms with Gasteiger partial charge in [0.05, 0.1) is 0 Å². The lowest BCUT2D eigenvalue weighted by Crippen LogP contribution is -2.27. The van der Waals surface area contributed by atoms with Crippen molar-refractivity contribution >= 4 is 11.7 Å². The highest BCUT2D eigenvalue weighted by atomic mass is 16.2. The van der Waals surface area contributed by atoms with Gasteiger partial charge in [0.1, 0.15) is 6.54 Å². The minimum absolute atomic E-state index is 0.0195. The predicted octanol–water partition coefficient (Wildman–Crippen LogP) is 2.31. The van der Waals surface area contributed by atoms with E-state index in [0.717, 1.165) is 49.8 Å². The predicted molar refractivity (Wildman–Crippen MR) is 74.2 cm³/mol. The number of hydrogen-bond acceptors (Lipinski definition) is 2. The van der Waals surface area contributed by atoms with E-state index in [1.54, 1.807) is 0 Å². The molecule has 1 aromatic rings. The number of nitrogens with one attached hydrogen (secondary N) is 1. The van der Waals surface area contributed by atoms with Crippen molar-refractivity contribution in [3.05, 3.63) is 23.5 Å². The lowest BCUT2D eigenvalue weighted by molar-refractivity contribution is -0.121. The topological polar surface area (TPSA) is 51.1 Å². The standard InChI is InChI=1S/C15H22N2O2/c1-2-3-8-16-15(19)11-17-9-12-6-4-5-7-14(18)13(12)10-17/h9-10H,2-8,11H2,1H3,(H,16,19). The molecule has 0 saturated heterocycles. The molecule has 0 unspecified atom stereocenters.